The molecule has 1 aromatic rings. The third-order valence-electron chi connectivity index (χ3n) is 2.09. The third kappa shape index (κ3) is 4.99. The van der Waals surface area contributed by atoms with Crippen LogP contribution >= 0.6 is 11.3 Å². The molecule has 1 heterocycles. The van der Waals surface area contributed by atoms with Crippen LogP contribution in [0, 0.1) is 0 Å². The Hall–Kier alpha value is -1.36. The number of ketones is 1. The maximum atomic E-state index is 11.3. The molecule has 0 aliphatic carbocycles. The van der Waals surface area contributed by atoms with Crippen molar-refractivity contribution in [3.63, 3.8) is 0 Å². The number of hydrogen-bond donors (Lipinski definition) is 2. The number of thiophene rings is 1. The standard InChI is InChI=1S/C12H18N2O2S/c1-8(2)14-12(16)13-7-6-10-4-5-11(17-10)9(3)15/h4-5,8H,6-7H2,1-3H3,(H2,13,14,16). The minimum Gasteiger partial charge on any atom is -0.338 e. The van der Waals surface area contributed by atoms with Gasteiger partial charge in [-0.15, -0.1) is 11.3 Å². The third-order valence-corrected chi connectivity index (χ3v) is 3.33. The summed E-state index contributed by atoms with van der Waals surface area (Å²) >= 11 is 1.49. The van der Waals surface area contributed by atoms with Crippen molar-refractivity contribution in [2.45, 2.75) is 33.2 Å². The Morgan fingerprint density at radius 3 is 2.59 bits per heavy atom. The fourth-order valence-electron chi connectivity index (χ4n) is 1.31. The van der Waals surface area contributed by atoms with Crippen LogP contribution < -0.4 is 10.6 Å². The van der Waals surface area contributed by atoms with E-state index in [2.05, 4.69) is 10.6 Å². The van der Waals surface area contributed by atoms with Crippen molar-refractivity contribution in [3.05, 3.63) is 21.9 Å². The normalized spacial score (nSPS) is 10.4. The first-order chi connectivity index (χ1) is 7.99. The molecule has 0 bridgehead atoms. The quantitative estimate of drug-likeness (QED) is 0.791. The number of nitrogens with one attached hydrogen (secondary N) is 2. The number of amides is 2. The van der Waals surface area contributed by atoms with Gasteiger partial charge in [-0.05, 0) is 39.3 Å². The molecule has 4 nitrogen and oxygen atoms in total. The first-order valence-electron chi connectivity index (χ1n) is 5.63. The number of Topliss-reactive ketones (excluding diaryl/α,β-unsaturated/α-hetero) is 1. The number of urea groups is 1. The van der Waals surface area contributed by atoms with Crippen LogP contribution in [0.1, 0.15) is 35.3 Å². The summed E-state index contributed by atoms with van der Waals surface area (Å²) in [5, 5.41) is 5.52. The van der Waals surface area contributed by atoms with Gasteiger partial charge in [-0.2, -0.15) is 0 Å². The molecule has 0 saturated carbocycles. The topological polar surface area (TPSA) is 58.2 Å². The van der Waals surface area contributed by atoms with Gasteiger partial charge in [0.25, 0.3) is 0 Å². The van der Waals surface area contributed by atoms with Crippen LogP contribution in [0.2, 0.25) is 0 Å². The molecule has 0 spiro atoms. The molecule has 0 unspecified atom stereocenters. The van der Waals surface area contributed by atoms with Crippen molar-refractivity contribution < 1.29 is 9.59 Å². The lowest BCUT2D eigenvalue weighted by atomic mass is 10.3. The molecule has 2 N–H and O–H groups in total. The van der Waals surface area contributed by atoms with Crippen molar-refractivity contribution in [1.29, 1.82) is 0 Å². The molecule has 0 radical (unpaired) electrons. The molecule has 0 aromatic carbocycles. The molecule has 1 rings (SSSR count). The van der Waals surface area contributed by atoms with Gasteiger partial charge in [0.2, 0.25) is 0 Å². The lowest BCUT2D eigenvalue weighted by molar-refractivity contribution is 0.102. The van der Waals surface area contributed by atoms with Crippen molar-refractivity contribution in [2.75, 3.05) is 6.54 Å². The second-order valence-electron chi connectivity index (χ2n) is 4.13. The number of carbonyl (C=O) groups excluding carboxylic acids is 2. The molecule has 0 fully saturated rings. The van der Waals surface area contributed by atoms with Crippen LogP contribution in [0.4, 0.5) is 4.79 Å². The molecular formula is C12H18N2O2S. The fraction of sp³-hybridized carbons (Fsp3) is 0.500. The fourth-order valence-corrected chi connectivity index (χ4v) is 2.22. The predicted octanol–water partition coefficient (Wildman–Crippen LogP) is 2.20. The molecule has 0 saturated heterocycles. The summed E-state index contributed by atoms with van der Waals surface area (Å²) in [5.41, 5.74) is 0. The van der Waals surface area contributed by atoms with Gasteiger partial charge in [-0.25, -0.2) is 4.79 Å². The van der Waals surface area contributed by atoms with Crippen molar-refractivity contribution in [2.24, 2.45) is 0 Å². The second-order valence-corrected chi connectivity index (χ2v) is 5.30. The Kier molecular flexibility index (Phi) is 5.15. The monoisotopic (exact) mass is 254 g/mol. The molecule has 0 aliphatic rings. The minimum absolute atomic E-state index is 0.0896. The number of rotatable bonds is 5. The summed E-state index contributed by atoms with van der Waals surface area (Å²) < 4.78 is 0. The van der Waals surface area contributed by atoms with Crippen molar-refractivity contribution in [3.8, 4) is 0 Å². The van der Waals surface area contributed by atoms with Gasteiger partial charge in [-0.3, -0.25) is 4.79 Å². The lowest BCUT2D eigenvalue weighted by Crippen LogP contribution is -2.40. The number of hydrogen-bond acceptors (Lipinski definition) is 3. The highest BCUT2D eigenvalue weighted by atomic mass is 32.1. The van der Waals surface area contributed by atoms with Crippen LogP contribution in [0.15, 0.2) is 12.1 Å². The highest BCUT2D eigenvalue weighted by Gasteiger charge is 2.05. The van der Waals surface area contributed by atoms with E-state index in [4.69, 9.17) is 0 Å². The summed E-state index contributed by atoms with van der Waals surface area (Å²) in [4.78, 5) is 24.3. The molecular weight excluding hydrogens is 236 g/mol. The Balaban J connectivity index is 2.31. The van der Waals surface area contributed by atoms with Crippen molar-refractivity contribution in [1.82, 2.24) is 10.6 Å². The molecule has 5 heteroatoms. The van der Waals surface area contributed by atoms with E-state index < -0.39 is 0 Å². The van der Waals surface area contributed by atoms with Crippen LogP contribution in [0.3, 0.4) is 0 Å². The number of carbonyl (C=O) groups is 2. The SMILES string of the molecule is CC(=O)c1ccc(CCNC(=O)NC(C)C)s1. The maximum Gasteiger partial charge on any atom is 0.314 e. The summed E-state index contributed by atoms with van der Waals surface area (Å²) in [5.74, 6) is 0.0896. The Bertz CT molecular complexity index is 399. The average Bonchev–Trinajstić information content (AvgIpc) is 2.65. The zero-order chi connectivity index (χ0) is 12.8. The van der Waals surface area contributed by atoms with Crippen LogP contribution in [-0.2, 0) is 6.42 Å². The van der Waals surface area contributed by atoms with Gasteiger partial charge in [0.1, 0.15) is 0 Å². The molecule has 17 heavy (non-hydrogen) atoms. The second kappa shape index (κ2) is 6.39. The van der Waals surface area contributed by atoms with Gasteiger partial charge in [0.05, 0.1) is 4.88 Å². The highest BCUT2D eigenvalue weighted by molar-refractivity contribution is 7.14. The molecule has 0 aliphatic heterocycles. The minimum atomic E-state index is -0.150. The van der Waals surface area contributed by atoms with Gasteiger partial charge in [-0.1, -0.05) is 0 Å². The molecule has 1 aromatic heterocycles. The van der Waals surface area contributed by atoms with E-state index in [1.807, 2.05) is 26.0 Å². The molecule has 0 atom stereocenters. The summed E-state index contributed by atoms with van der Waals surface area (Å²) in [6.45, 7) is 5.97. The van der Waals surface area contributed by atoms with E-state index in [9.17, 15) is 9.59 Å². The Morgan fingerprint density at radius 2 is 2.06 bits per heavy atom. The smallest absolute Gasteiger partial charge is 0.314 e. The van der Waals surface area contributed by atoms with E-state index in [0.29, 0.717) is 6.54 Å². The van der Waals surface area contributed by atoms with Gasteiger partial charge in [0, 0.05) is 17.5 Å². The molecule has 94 valence electrons. The Morgan fingerprint density at radius 1 is 1.35 bits per heavy atom. The first kappa shape index (κ1) is 13.7. The average molecular weight is 254 g/mol. The predicted molar refractivity (Wildman–Crippen MR) is 69.7 cm³/mol. The zero-order valence-electron chi connectivity index (χ0n) is 10.4. The van der Waals surface area contributed by atoms with Gasteiger partial charge in [0.15, 0.2) is 5.78 Å². The first-order valence-corrected chi connectivity index (χ1v) is 6.44. The van der Waals surface area contributed by atoms with E-state index in [1.165, 1.54) is 11.3 Å². The van der Waals surface area contributed by atoms with Gasteiger partial charge >= 0.3 is 6.03 Å². The highest BCUT2D eigenvalue weighted by Crippen LogP contribution is 2.16. The molecule has 2 amide bonds. The van der Waals surface area contributed by atoms with Crippen molar-refractivity contribution >= 4 is 23.2 Å². The summed E-state index contributed by atoms with van der Waals surface area (Å²) in [7, 11) is 0. The Labute approximate surface area is 105 Å². The van der Waals surface area contributed by atoms with Crippen LogP contribution in [0.25, 0.3) is 0 Å². The largest absolute Gasteiger partial charge is 0.338 e. The van der Waals surface area contributed by atoms with Gasteiger partial charge < -0.3 is 10.6 Å². The van der Waals surface area contributed by atoms with E-state index in [-0.39, 0.29) is 17.9 Å². The zero-order valence-corrected chi connectivity index (χ0v) is 11.2. The van der Waals surface area contributed by atoms with E-state index in [1.54, 1.807) is 6.92 Å². The van der Waals surface area contributed by atoms with Crippen LogP contribution in [0.5, 0.6) is 0 Å². The summed E-state index contributed by atoms with van der Waals surface area (Å²) in [6.07, 6.45) is 0.753. The van der Waals surface area contributed by atoms with E-state index >= 15 is 0 Å². The van der Waals surface area contributed by atoms with Crippen LogP contribution in [-0.4, -0.2) is 24.4 Å². The maximum absolute atomic E-state index is 11.3. The summed E-state index contributed by atoms with van der Waals surface area (Å²) in [6, 6.07) is 3.75. The lowest BCUT2D eigenvalue weighted by Gasteiger charge is -2.09. The van der Waals surface area contributed by atoms with E-state index in [0.717, 1.165) is 16.2 Å².